The number of nitrogens with zero attached hydrogens (tertiary/aromatic N) is 2. The van der Waals surface area contributed by atoms with Gasteiger partial charge in [0.15, 0.2) is 5.82 Å². The summed E-state index contributed by atoms with van der Waals surface area (Å²) in [5, 5.41) is 12.9. The number of H-pyrrole nitrogens is 1. The Balaban J connectivity index is 1.50. The minimum atomic E-state index is -0.231. The van der Waals surface area contributed by atoms with Crippen molar-refractivity contribution in [3.05, 3.63) is 59.9 Å². The highest BCUT2D eigenvalue weighted by molar-refractivity contribution is 5.90. The van der Waals surface area contributed by atoms with E-state index in [1.807, 2.05) is 48.5 Å². The Morgan fingerprint density at radius 3 is 2.67 bits per heavy atom. The molecule has 3 rings (SSSR count). The van der Waals surface area contributed by atoms with Gasteiger partial charge in [-0.2, -0.15) is 5.10 Å². The topological polar surface area (TPSA) is 91.9 Å². The van der Waals surface area contributed by atoms with Crippen molar-refractivity contribution >= 4 is 11.7 Å². The van der Waals surface area contributed by atoms with Gasteiger partial charge >= 0.3 is 6.03 Å². The van der Waals surface area contributed by atoms with Gasteiger partial charge in [0.25, 0.3) is 0 Å². The van der Waals surface area contributed by atoms with Crippen molar-refractivity contribution in [3.8, 4) is 17.1 Å². The average Bonchev–Trinajstić information content (AvgIpc) is 3.17. The fraction of sp³-hybridized carbons (Fsp3) is 0.250. The second-order valence-corrected chi connectivity index (χ2v) is 5.98. The minimum absolute atomic E-state index is 0.231. The standard InChI is InChI=1S/C20H23N5O2/c1-3-14-6-4-5-7-17(14)22-20(26)21-13-12-18-23-19(25-24-18)15-8-10-16(27-2)11-9-15/h4-11H,3,12-13H2,1-2H3,(H2,21,22,26)(H,23,24,25). The zero-order valence-electron chi connectivity index (χ0n) is 15.5. The molecule has 140 valence electrons. The number of carbonyl (C=O) groups excluding carboxylic acids is 1. The quantitative estimate of drug-likeness (QED) is 0.598. The summed E-state index contributed by atoms with van der Waals surface area (Å²) in [5.74, 6) is 2.12. The van der Waals surface area contributed by atoms with Gasteiger partial charge in [-0.15, -0.1) is 0 Å². The van der Waals surface area contributed by atoms with E-state index in [2.05, 4.69) is 32.7 Å². The van der Waals surface area contributed by atoms with Crippen molar-refractivity contribution in [1.29, 1.82) is 0 Å². The zero-order chi connectivity index (χ0) is 19.1. The molecule has 2 amide bonds. The van der Waals surface area contributed by atoms with Gasteiger partial charge in [-0.3, -0.25) is 5.10 Å². The average molecular weight is 365 g/mol. The summed E-state index contributed by atoms with van der Waals surface area (Å²) in [6.07, 6.45) is 1.43. The Morgan fingerprint density at radius 1 is 1.15 bits per heavy atom. The molecular weight excluding hydrogens is 342 g/mol. The smallest absolute Gasteiger partial charge is 0.319 e. The predicted molar refractivity (Wildman–Crippen MR) is 105 cm³/mol. The normalized spacial score (nSPS) is 10.4. The summed E-state index contributed by atoms with van der Waals surface area (Å²) in [4.78, 5) is 16.5. The largest absolute Gasteiger partial charge is 0.497 e. The van der Waals surface area contributed by atoms with E-state index in [1.165, 1.54) is 0 Å². The maximum Gasteiger partial charge on any atom is 0.319 e. The number of methoxy groups -OCH3 is 1. The van der Waals surface area contributed by atoms with Crippen LogP contribution < -0.4 is 15.4 Å². The first-order valence-electron chi connectivity index (χ1n) is 8.88. The van der Waals surface area contributed by atoms with Crippen molar-refractivity contribution in [2.75, 3.05) is 19.0 Å². The highest BCUT2D eigenvalue weighted by Crippen LogP contribution is 2.19. The lowest BCUT2D eigenvalue weighted by atomic mass is 10.1. The van der Waals surface area contributed by atoms with Crippen LogP contribution in [0.25, 0.3) is 11.4 Å². The maximum atomic E-state index is 12.1. The monoisotopic (exact) mass is 365 g/mol. The zero-order valence-corrected chi connectivity index (χ0v) is 15.5. The number of rotatable bonds is 7. The second-order valence-electron chi connectivity index (χ2n) is 5.98. The number of benzene rings is 2. The van der Waals surface area contributed by atoms with Crippen LogP contribution in [0.5, 0.6) is 5.75 Å². The summed E-state index contributed by atoms with van der Waals surface area (Å²) < 4.78 is 5.15. The van der Waals surface area contributed by atoms with Crippen LogP contribution in [0, 0.1) is 0 Å². The molecule has 0 fully saturated rings. The molecular formula is C20H23N5O2. The number of anilines is 1. The van der Waals surface area contributed by atoms with Crippen LogP contribution in [-0.4, -0.2) is 34.9 Å². The summed E-state index contributed by atoms with van der Waals surface area (Å²) in [6.45, 7) is 2.51. The number of aromatic amines is 1. The molecule has 0 bridgehead atoms. The third-order valence-electron chi connectivity index (χ3n) is 4.17. The van der Waals surface area contributed by atoms with E-state index in [-0.39, 0.29) is 6.03 Å². The lowest BCUT2D eigenvalue weighted by molar-refractivity contribution is 0.252. The van der Waals surface area contributed by atoms with Gasteiger partial charge in [0.2, 0.25) is 0 Å². The van der Waals surface area contributed by atoms with Crippen LogP contribution >= 0.6 is 0 Å². The van der Waals surface area contributed by atoms with Crippen LogP contribution in [0.1, 0.15) is 18.3 Å². The molecule has 0 aliphatic heterocycles. The predicted octanol–water partition coefficient (Wildman–Crippen LogP) is 3.41. The molecule has 0 unspecified atom stereocenters. The van der Waals surface area contributed by atoms with E-state index in [0.29, 0.717) is 18.8 Å². The molecule has 0 aliphatic rings. The van der Waals surface area contributed by atoms with E-state index in [0.717, 1.165) is 34.8 Å². The Hall–Kier alpha value is -3.35. The van der Waals surface area contributed by atoms with Crippen LogP contribution in [0.4, 0.5) is 10.5 Å². The molecule has 2 aromatic carbocycles. The number of nitrogens with one attached hydrogen (secondary N) is 3. The number of urea groups is 1. The molecule has 1 heterocycles. The fourth-order valence-corrected chi connectivity index (χ4v) is 2.69. The Labute approximate surface area is 158 Å². The molecule has 3 N–H and O–H groups in total. The first-order valence-corrected chi connectivity index (χ1v) is 8.88. The van der Waals surface area contributed by atoms with E-state index in [9.17, 15) is 4.79 Å². The molecule has 27 heavy (non-hydrogen) atoms. The van der Waals surface area contributed by atoms with Crippen LogP contribution in [-0.2, 0) is 12.8 Å². The first-order chi connectivity index (χ1) is 13.2. The van der Waals surface area contributed by atoms with Gasteiger partial charge in [0, 0.05) is 24.2 Å². The SMILES string of the molecule is CCc1ccccc1NC(=O)NCCc1nc(-c2ccc(OC)cc2)n[nH]1. The van der Waals surface area contributed by atoms with Crippen LogP contribution in [0.3, 0.4) is 0 Å². The first kappa shape index (κ1) is 18.4. The van der Waals surface area contributed by atoms with Gasteiger partial charge in [-0.1, -0.05) is 25.1 Å². The molecule has 1 aromatic heterocycles. The lowest BCUT2D eigenvalue weighted by Gasteiger charge is -2.10. The number of carbonyl (C=O) groups is 1. The summed E-state index contributed by atoms with van der Waals surface area (Å²) in [5.41, 5.74) is 2.84. The fourth-order valence-electron chi connectivity index (χ4n) is 2.69. The molecule has 7 nitrogen and oxygen atoms in total. The van der Waals surface area contributed by atoms with E-state index >= 15 is 0 Å². The number of aromatic nitrogens is 3. The number of hydrogen-bond acceptors (Lipinski definition) is 4. The van der Waals surface area contributed by atoms with Crippen molar-refractivity contribution in [2.24, 2.45) is 0 Å². The number of para-hydroxylation sites is 1. The summed E-state index contributed by atoms with van der Waals surface area (Å²) in [7, 11) is 1.63. The third-order valence-corrected chi connectivity index (χ3v) is 4.17. The molecule has 0 saturated heterocycles. The van der Waals surface area contributed by atoms with Gasteiger partial charge in [0.1, 0.15) is 11.6 Å². The van der Waals surface area contributed by atoms with Crippen molar-refractivity contribution in [1.82, 2.24) is 20.5 Å². The van der Waals surface area contributed by atoms with E-state index in [1.54, 1.807) is 7.11 Å². The lowest BCUT2D eigenvalue weighted by Crippen LogP contribution is -2.31. The van der Waals surface area contributed by atoms with Crippen LogP contribution in [0.15, 0.2) is 48.5 Å². The molecule has 0 aliphatic carbocycles. The van der Waals surface area contributed by atoms with E-state index in [4.69, 9.17) is 4.74 Å². The number of ether oxygens (including phenoxy) is 1. The summed E-state index contributed by atoms with van der Waals surface area (Å²) in [6, 6.07) is 15.1. The maximum absolute atomic E-state index is 12.1. The summed E-state index contributed by atoms with van der Waals surface area (Å²) >= 11 is 0. The molecule has 0 saturated carbocycles. The Morgan fingerprint density at radius 2 is 1.93 bits per heavy atom. The van der Waals surface area contributed by atoms with Gasteiger partial charge < -0.3 is 15.4 Å². The molecule has 0 spiro atoms. The minimum Gasteiger partial charge on any atom is -0.497 e. The van der Waals surface area contributed by atoms with Gasteiger partial charge in [0.05, 0.1) is 7.11 Å². The molecule has 0 atom stereocenters. The molecule has 3 aromatic rings. The second kappa shape index (κ2) is 8.84. The Kier molecular flexibility index (Phi) is 6.04. The number of aryl methyl sites for hydroxylation is 1. The van der Waals surface area contributed by atoms with Gasteiger partial charge in [-0.25, -0.2) is 9.78 Å². The molecule has 0 radical (unpaired) electrons. The number of hydrogen-bond donors (Lipinski definition) is 3. The van der Waals surface area contributed by atoms with Crippen molar-refractivity contribution < 1.29 is 9.53 Å². The third kappa shape index (κ3) is 4.84. The van der Waals surface area contributed by atoms with Gasteiger partial charge in [-0.05, 0) is 42.3 Å². The van der Waals surface area contributed by atoms with Crippen molar-refractivity contribution in [3.63, 3.8) is 0 Å². The molecule has 7 heteroatoms. The highest BCUT2D eigenvalue weighted by atomic mass is 16.5. The highest BCUT2D eigenvalue weighted by Gasteiger charge is 2.08. The Bertz CT molecular complexity index is 889. The number of amides is 2. The van der Waals surface area contributed by atoms with Crippen LogP contribution in [0.2, 0.25) is 0 Å². The van der Waals surface area contributed by atoms with E-state index < -0.39 is 0 Å². The van der Waals surface area contributed by atoms with Crippen molar-refractivity contribution in [2.45, 2.75) is 19.8 Å².